The number of aliphatic carboxylic acids is 1. The van der Waals surface area contributed by atoms with E-state index in [1.807, 2.05) is 6.92 Å². The molecule has 0 bridgehead atoms. The molecule has 1 fully saturated rings. The molecule has 1 rings (SSSR count). The van der Waals surface area contributed by atoms with E-state index in [9.17, 15) is 9.59 Å². The highest BCUT2D eigenvalue weighted by Crippen LogP contribution is 2.14. The van der Waals surface area contributed by atoms with Crippen molar-refractivity contribution >= 4 is 12.0 Å². The van der Waals surface area contributed by atoms with Gasteiger partial charge in [-0.3, -0.25) is 4.79 Å². The van der Waals surface area contributed by atoms with E-state index in [-0.39, 0.29) is 24.6 Å². The minimum absolute atomic E-state index is 0.0347. The Hall–Kier alpha value is -1.30. The molecule has 0 aromatic rings. The second-order valence-electron chi connectivity index (χ2n) is 5.26. The number of rotatable bonds is 8. The van der Waals surface area contributed by atoms with Crippen molar-refractivity contribution in [2.24, 2.45) is 0 Å². The van der Waals surface area contributed by atoms with Gasteiger partial charge in [0.05, 0.1) is 12.5 Å². The zero-order valence-electron chi connectivity index (χ0n) is 12.2. The smallest absolute Gasteiger partial charge is 0.315 e. The van der Waals surface area contributed by atoms with Gasteiger partial charge in [-0.05, 0) is 32.1 Å². The lowest BCUT2D eigenvalue weighted by Crippen LogP contribution is -2.43. The summed E-state index contributed by atoms with van der Waals surface area (Å²) in [5.74, 6) is -0.889. The number of hydrogen-bond donors (Lipinski definition) is 3. The average Bonchev–Trinajstić information content (AvgIpc) is 2.39. The molecule has 0 aliphatic carbocycles. The van der Waals surface area contributed by atoms with E-state index in [0.717, 1.165) is 32.3 Å². The molecule has 116 valence electrons. The second kappa shape index (κ2) is 9.58. The van der Waals surface area contributed by atoms with Crippen LogP contribution in [0.15, 0.2) is 0 Å². The number of ether oxygens (including phenoxy) is 1. The third-order valence-corrected chi connectivity index (χ3v) is 3.42. The molecule has 1 aliphatic heterocycles. The van der Waals surface area contributed by atoms with Crippen molar-refractivity contribution in [3.05, 3.63) is 0 Å². The summed E-state index contributed by atoms with van der Waals surface area (Å²) >= 11 is 0. The summed E-state index contributed by atoms with van der Waals surface area (Å²) in [7, 11) is 0. The number of carboxylic acids is 1. The first-order valence-electron chi connectivity index (χ1n) is 7.49. The molecule has 1 saturated heterocycles. The predicted molar refractivity (Wildman–Crippen MR) is 75.7 cm³/mol. The van der Waals surface area contributed by atoms with Crippen molar-refractivity contribution < 1.29 is 19.4 Å². The Morgan fingerprint density at radius 3 is 2.80 bits per heavy atom. The van der Waals surface area contributed by atoms with Gasteiger partial charge >= 0.3 is 12.0 Å². The molecule has 0 aromatic heterocycles. The van der Waals surface area contributed by atoms with Crippen molar-refractivity contribution in [2.75, 3.05) is 13.2 Å². The third-order valence-electron chi connectivity index (χ3n) is 3.42. The van der Waals surface area contributed by atoms with Crippen molar-refractivity contribution in [3.63, 3.8) is 0 Å². The number of hydrogen-bond acceptors (Lipinski definition) is 3. The number of carbonyl (C=O) groups excluding carboxylic acids is 1. The van der Waals surface area contributed by atoms with Crippen molar-refractivity contribution in [1.82, 2.24) is 10.6 Å². The number of carbonyl (C=O) groups is 2. The summed E-state index contributed by atoms with van der Waals surface area (Å²) in [5.41, 5.74) is 0. The summed E-state index contributed by atoms with van der Waals surface area (Å²) in [4.78, 5) is 22.4. The van der Waals surface area contributed by atoms with E-state index in [4.69, 9.17) is 9.84 Å². The van der Waals surface area contributed by atoms with Gasteiger partial charge in [0.1, 0.15) is 0 Å². The Bertz CT molecular complexity index is 304. The van der Waals surface area contributed by atoms with Gasteiger partial charge in [-0.1, -0.05) is 13.3 Å². The summed E-state index contributed by atoms with van der Waals surface area (Å²) in [6.45, 7) is 3.34. The molecule has 0 aromatic carbocycles. The van der Waals surface area contributed by atoms with Crippen LogP contribution in [0.2, 0.25) is 0 Å². The fourth-order valence-electron chi connectivity index (χ4n) is 2.40. The van der Waals surface area contributed by atoms with Crippen molar-refractivity contribution in [1.29, 1.82) is 0 Å². The minimum Gasteiger partial charge on any atom is -0.481 e. The summed E-state index contributed by atoms with van der Waals surface area (Å²) < 4.78 is 5.58. The lowest BCUT2D eigenvalue weighted by Gasteiger charge is -2.23. The van der Waals surface area contributed by atoms with E-state index in [1.165, 1.54) is 6.42 Å². The molecule has 1 heterocycles. The van der Waals surface area contributed by atoms with Crippen LogP contribution in [0.1, 0.15) is 51.9 Å². The summed E-state index contributed by atoms with van der Waals surface area (Å²) in [5, 5.41) is 14.3. The zero-order chi connectivity index (χ0) is 14.8. The Balaban J connectivity index is 2.18. The molecule has 2 unspecified atom stereocenters. The van der Waals surface area contributed by atoms with E-state index in [1.54, 1.807) is 0 Å². The topological polar surface area (TPSA) is 87.7 Å². The highest BCUT2D eigenvalue weighted by molar-refractivity contribution is 5.75. The lowest BCUT2D eigenvalue weighted by atomic mass is 10.1. The van der Waals surface area contributed by atoms with Crippen LogP contribution in [-0.2, 0) is 9.53 Å². The SMILES string of the molecule is CCCC(CC(=O)O)NC(=O)NCCC1CCCCO1. The number of urea groups is 1. The first-order valence-corrected chi connectivity index (χ1v) is 7.49. The molecule has 2 amide bonds. The largest absolute Gasteiger partial charge is 0.481 e. The molecule has 6 nitrogen and oxygen atoms in total. The monoisotopic (exact) mass is 286 g/mol. The maximum absolute atomic E-state index is 11.7. The highest BCUT2D eigenvalue weighted by atomic mass is 16.5. The lowest BCUT2D eigenvalue weighted by molar-refractivity contribution is -0.137. The maximum Gasteiger partial charge on any atom is 0.315 e. The molecule has 0 radical (unpaired) electrons. The summed E-state index contributed by atoms with van der Waals surface area (Å²) in [6, 6.07) is -0.594. The van der Waals surface area contributed by atoms with Gasteiger partial charge in [-0.2, -0.15) is 0 Å². The molecular weight excluding hydrogens is 260 g/mol. The Morgan fingerprint density at radius 2 is 2.20 bits per heavy atom. The molecule has 2 atom stereocenters. The van der Waals surface area contributed by atoms with Crippen LogP contribution in [0.4, 0.5) is 4.79 Å². The van der Waals surface area contributed by atoms with E-state index in [2.05, 4.69) is 10.6 Å². The first kappa shape index (κ1) is 16.8. The number of nitrogens with one attached hydrogen (secondary N) is 2. The van der Waals surface area contributed by atoms with Crippen LogP contribution in [0.3, 0.4) is 0 Å². The molecule has 0 spiro atoms. The number of carboxylic acid groups (broad SMARTS) is 1. The third kappa shape index (κ3) is 7.33. The van der Waals surface area contributed by atoms with Crippen LogP contribution >= 0.6 is 0 Å². The van der Waals surface area contributed by atoms with Crippen LogP contribution in [0.25, 0.3) is 0 Å². The number of amides is 2. The molecule has 0 saturated carbocycles. The minimum atomic E-state index is -0.889. The Kier molecular flexibility index (Phi) is 8.02. The summed E-state index contributed by atoms with van der Waals surface area (Å²) in [6.07, 6.45) is 5.90. The molecule has 20 heavy (non-hydrogen) atoms. The molecule has 3 N–H and O–H groups in total. The van der Waals surface area contributed by atoms with Gasteiger partial charge in [0.25, 0.3) is 0 Å². The quantitative estimate of drug-likeness (QED) is 0.636. The van der Waals surface area contributed by atoms with Crippen LogP contribution in [0.5, 0.6) is 0 Å². The average molecular weight is 286 g/mol. The fourth-order valence-corrected chi connectivity index (χ4v) is 2.40. The Labute approximate surface area is 120 Å². The molecule has 6 heteroatoms. The van der Waals surface area contributed by atoms with E-state index >= 15 is 0 Å². The zero-order valence-corrected chi connectivity index (χ0v) is 12.2. The predicted octanol–water partition coefficient (Wildman–Crippen LogP) is 1.89. The first-order chi connectivity index (χ1) is 9.61. The Morgan fingerprint density at radius 1 is 1.40 bits per heavy atom. The van der Waals surface area contributed by atoms with Crippen LogP contribution in [0, 0.1) is 0 Å². The normalized spacial score (nSPS) is 20.1. The standard InChI is InChI=1S/C14H26N2O4/c1-2-5-11(10-13(17)18)16-14(19)15-8-7-12-6-3-4-9-20-12/h11-12H,2-10H2,1H3,(H,17,18)(H2,15,16,19). The molecule has 1 aliphatic rings. The van der Waals surface area contributed by atoms with Gasteiger partial charge in [0.2, 0.25) is 0 Å². The van der Waals surface area contributed by atoms with E-state index < -0.39 is 5.97 Å². The van der Waals surface area contributed by atoms with Gasteiger partial charge in [0, 0.05) is 19.2 Å². The highest BCUT2D eigenvalue weighted by Gasteiger charge is 2.16. The van der Waals surface area contributed by atoms with Crippen molar-refractivity contribution in [3.8, 4) is 0 Å². The van der Waals surface area contributed by atoms with Crippen molar-refractivity contribution in [2.45, 2.75) is 64.0 Å². The maximum atomic E-state index is 11.7. The van der Waals surface area contributed by atoms with Gasteiger partial charge in [-0.25, -0.2) is 4.79 Å². The van der Waals surface area contributed by atoms with Crippen LogP contribution in [-0.4, -0.2) is 42.4 Å². The van der Waals surface area contributed by atoms with Gasteiger partial charge in [0.15, 0.2) is 0 Å². The fraction of sp³-hybridized carbons (Fsp3) is 0.857. The van der Waals surface area contributed by atoms with Crippen LogP contribution < -0.4 is 10.6 Å². The van der Waals surface area contributed by atoms with Gasteiger partial charge < -0.3 is 20.5 Å². The van der Waals surface area contributed by atoms with E-state index in [0.29, 0.717) is 13.0 Å². The second-order valence-corrected chi connectivity index (χ2v) is 5.26. The molecular formula is C14H26N2O4. The van der Waals surface area contributed by atoms with Gasteiger partial charge in [-0.15, -0.1) is 0 Å².